The van der Waals surface area contributed by atoms with Gasteiger partial charge in [0.1, 0.15) is 0 Å². The third-order valence-corrected chi connectivity index (χ3v) is 3.70. The number of nitrogens with one attached hydrogen (secondary N) is 1. The number of carbonyl (C=O) groups is 2. The van der Waals surface area contributed by atoms with Crippen molar-refractivity contribution in [2.45, 2.75) is 19.3 Å². The van der Waals surface area contributed by atoms with E-state index < -0.39 is 4.92 Å². The molecule has 1 aromatic carbocycles. The summed E-state index contributed by atoms with van der Waals surface area (Å²) in [5.41, 5.74) is 5.49. The number of nitrogens with zero attached hydrogens (tertiary/aromatic N) is 2. The summed E-state index contributed by atoms with van der Waals surface area (Å²) >= 11 is 0. The maximum absolute atomic E-state index is 12.1. The molecule has 0 aromatic heterocycles. The molecule has 1 aliphatic heterocycles. The van der Waals surface area contributed by atoms with Crippen molar-refractivity contribution >= 4 is 23.3 Å². The van der Waals surface area contributed by atoms with Gasteiger partial charge in [0.2, 0.25) is 5.91 Å². The maximum atomic E-state index is 12.1. The molecule has 0 radical (unpaired) electrons. The van der Waals surface area contributed by atoms with Gasteiger partial charge in [-0.1, -0.05) is 6.07 Å². The van der Waals surface area contributed by atoms with Crippen LogP contribution in [-0.2, 0) is 4.79 Å². The molecule has 0 spiro atoms. The van der Waals surface area contributed by atoms with Crippen molar-refractivity contribution in [3.05, 3.63) is 34.4 Å². The summed E-state index contributed by atoms with van der Waals surface area (Å²) in [4.78, 5) is 34.9. The van der Waals surface area contributed by atoms with Crippen LogP contribution in [0.3, 0.4) is 0 Å². The molecule has 0 bridgehead atoms. The van der Waals surface area contributed by atoms with Gasteiger partial charge in [0.05, 0.1) is 4.92 Å². The molecule has 1 fully saturated rings. The Morgan fingerprint density at radius 1 is 1.36 bits per heavy atom. The fraction of sp³-hybridized carbons (Fsp3) is 0.429. The van der Waals surface area contributed by atoms with Gasteiger partial charge in [0, 0.05) is 37.3 Å². The number of benzene rings is 1. The topological polar surface area (TPSA) is 119 Å². The summed E-state index contributed by atoms with van der Waals surface area (Å²) in [7, 11) is 0. The Balaban J connectivity index is 1.89. The van der Waals surface area contributed by atoms with Gasteiger partial charge >= 0.3 is 6.03 Å². The van der Waals surface area contributed by atoms with Crippen LogP contribution in [0.25, 0.3) is 0 Å². The molecule has 22 heavy (non-hydrogen) atoms. The smallest absolute Gasteiger partial charge is 0.321 e. The number of amides is 3. The predicted octanol–water partition coefficient (Wildman–Crippen LogP) is 1.71. The molecule has 3 amide bonds. The first-order chi connectivity index (χ1) is 10.5. The fourth-order valence-corrected chi connectivity index (χ4v) is 2.52. The molecule has 0 aliphatic carbocycles. The molecular weight excluding hydrogens is 288 g/mol. The molecule has 0 unspecified atom stereocenters. The minimum Gasteiger partial charge on any atom is -0.370 e. The zero-order valence-corrected chi connectivity index (χ0v) is 12.0. The van der Waals surface area contributed by atoms with E-state index in [1.54, 1.807) is 11.0 Å². The first-order valence-electron chi connectivity index (χ1n) is 7.04. The Morgan fingerprint density at radius 2 is 2.05 bits per heavy atom. The SMILES string of the molecule is NC(=O)CC1CCN(C(=O)Nc2cccc([N+](=O)[O-])c2)CC1. The van der Waals surface area contributed by atoms with E-state index in [2.05, 4.69) is 5.32 Å². The molecular formula is C14H18N4O4. The van der Waals surface area contributed by atoms with Gasteiger partial charge in [0.15, 0.2) is 0 Å². The monoisotopic (exact) mass is 306 g/mol. The van der Waals surface area contributed by atoms with E-state index in [1.165, 1.54) is 18.2 Å². The normalized spacial score (nSPS) is 15.4. The molecule has 1 saturated heterocycles. The van der Waals surface area contributed by atoms with Gasteiger partial charge < -0.3 is 16.0 Å². The molecule has 0 saturated carbocycles. The lowest BCUT2D eigenvalue weighted by atomic mass is 9.93. The van der Waals surface area contributed by atoms with Crippen molar-refractivity contribution in [1.82, 2.24) is 4.90 Å². The van der Waals surface area contributed by atoms with Crippen molar-refractivity contribution in [2.24, 2.45) is 11.7 Å². The van der Waals surface area contributed by atoms with Crippen LogP contribution in [0, 0.1) is 16.0 Å². The highest BCUT2D eigenvalue weighted by Gasteiger charge is 2.24. The van der Waals surface area contributed by atoms with Crippen LogP contribution in [0.5, 0.6) is 0 Å². The van der Waals surface area contributed by atoms with Gasteiger partial charge in [0.25, 0.3) is 5.69 Å². The first-order valence-corrected chi connectivity index (χ1v) is 7.04. The number of likely N-dealkylation sites (tertiary alicyclic amines) is 1. The number of rotatable bonds is 4. The first kappa shape index (κ1) is 15.7. The third-order valence-electron chi connectivity index (χ3n) is 3.70. The van der Waals surface area contributed by atoms with Crippen LogP contribution >= 0.6 is 0 Å². The lowest BCUT2D eigenvalue weighted by Gasteiger charge is -2.31. The summed E-state index contributed by atoms with van der Waals surface area (Å²) in [5, 5.41) is 13.4. The quantitative estimate of drug-likeness (QED) is 0.650. The van der Waals surface area contributed by atoms with Crippen LogP contribution in [0.4, 0.5) is 16.2 Å². The number of hydrogen-bond acceptors (Lipinski definition) is 4. The van der Waals surface area contributed by atoms with Gasteiger partial charge in [-0.25, -0.2) is 4.79 Å². The molecule has 1 aliphatic rings. The Kier molecular flexibility index (Phi) is 4.92. The average Bonchev–Trinajstić information content (AvgIpc) is 2.47. The number of nitro groups is 1. The summed E-state index contributed by atoms with van der Waals surface area (Å²) in [6.07, 6.45) is 1.80. The second-order valence-corrected chi connectivity index (χ2v) is 5.34. The van der Waals surface area contributed by atoms with E-state index in [0.717, 1.165) is 12.8 Å². The Hall–Kier alpha value is -2.64. The molecule has 8 heteroatoms. The Bertz CT molecular complexity index is 582. The van der Waals surface area contributed by atoms with E-state index >= 15 is 0 Å². The fourth-order valence-electron chi connectivity index (χ4n) is 2.52. The van der Waals surface area contributed by atoms with Crippen molar-refractivity contribution < 1.29 is 14.5 Å². The largest absolute Gasteiger partial charge is 0.370 e. The zero-order valence-electron chi connectivity index (χ0n) is 12.0. The van der Waals surface area contributed by atoms with E-state index in [1.807, 2.05) is 0 Å². The van der Waals surface area contributed by atoms with Gasteiger partial charge in [-0.15, -0.1) is 0 Å². The molecule has 1 heterocycles. The molecule has 1 aromatic rings. The summed E-state index contributed by atoms with van der Waals surface area (Å²) < 4.78 is 0. The van der Waals surface area contributed by atoms with Crippen LogP contribution < -0.4 is 11.1 Å². The average molecular weight is 306 g/mol. The lowest BCUT2D eigenvalue weighted by molar-refractivity contribution is -0.384. The van der Waals surface area contributed by atoms with E-state index in [-0.39, 0.29) is 23.5 Å². The highest BCUT2D eigenvalue weighted by molar-refractivity contribution is 5.89. The summed E-state index contributed by atoms with van der Waals surface area (Å²) in [6.45, 7) is 1.08. The van der Waals surface area contributed by atoms with Gasteiger partial charge in [-0.3, -0.25) is 14.9 Å². The standard InChI is InChI=1S/C14H18N4O4/c15-13(19)8-10-4-6-17(7-5-10)14(20)16-11-2-1-3-12(9-11)18(21)22/h1-3,9-10H,4-8H2,(H2,15,19)(H,16,20). The molecule has 3 N–H and O–H groups in total. The van der Waals surface area contributed by atoms with Crippen LogP contribution in [-0.4, -0.2) is 34.9 Å². The molecule has 118 valence electrons. The van der Waals surface area contributed by atoms with E-state index in [9.17, 15) is 19.7 Å². The van der Waals surface area contributed by atoms with Crippen molar-refractivity contribution in [3.63, 3.8) is 0 Å². The minimum absolute atomic E-state index is 0.0713. The number of nitro benzene ring substituents is 1. The molecule has 0 atom stereocenters. The number of hydrogen-bond donors (Lipinski definition) is 2. The van der Waals surface area contributed by atoms with Crippen LogP contribution in [0.1, 0.15) is 19.3 Å². The van der Waals surface area contributed by atoms with Crippen molar-refractivity contribution in [2.75, 3.05) is 18.4 Å². The number of nitrogens with two attached hydrogens (primary N) is 1. The second kappa shape index (κ2) is 6.88. The van der Waals surface area contributed by atoms with E-state index in [4.69, 9.17) is 5.73 Å². The van der Waals surface area contributed by atoms with Crippen LogP contribution in [0.2, 0.25) is 0 Å². The lowest BCUT2D eigenvalue weighted by Crippen LogP contribution is -2.41. The highest BCUT2D eigenvalue weighted by Crippen LogP contribution is 2.22. The number of anilines is 1. The molecule has 8 nitrogen and oxygen atoms in total. The number of piperidine rings is 1. The summed E-state index contributed by atoms with van der Waals surface area (Å²) in [6, 6.07) is 5.51. The zero-order chi connectivity index (χ0) is 16.1. The van der Waals surface area contributed by atoms with E-state index in [0.29, 0.717) is 25.2 Å². The number of primary amides is 1. The summed E-state index contributed by atoms with van der Waals surface area (Å²) in [5.74, 6) is -0.0983. The second-order valence-electron chi connectivity index (χ2n) is 5.34. The predicted molar refractivity (Wildman–Crippen MR) is 80.2 cm³/mol. The minimum atomic E-state index is -0.509. The van der Waals surface area contributed by atoms with Gasteiger partial charge in [-0.2, -0.15) is 0 Å². The van der Waals surface area contributed by atoms with Crippen molar-refractivity contribution in [3.8, 4) is 0 Å². The highest BCUT2D eigenvalue weighted by atomic mass is 16.6. The Labute approximate surface area is 127 Å². The van der Waals surface area contributed by atoms with Crippen LogP contribution in [0.15, 0.2) is 24.3 Å². The number of urea groups is 1. The number of carbonyl (C=O) groups excluding carboxylic acids is 2. The number of non-ortho nitro benzene ring substituents is 1. The molecule has 2 rings (SSSR count). The Morgan fingerprint density at radius 3 is 2.64 bits per heavy atom. The third kappa shape index (κ3) is 4.18. The maximum Gasteiger partial charge on any atom is 0.321 e. The van der Waals surface area contributed by atoms with Gasteiger partial charge in [-0.05, 0) is 24.8 Å². The van der Waals surface area contributed by atoms with Crippen molar-refractivity contribution in [1.29, 1.82) is 0 Å².